The third kappa shape index (κ3) is 3.82. The normalized spacial score (nSPS) is 14.6. The average Bonchev–Trinajstić information content (AvgIpc) is 3.34. The first-order chi connectivity index (χ1) is 12.2. The number of carbonyl (C=O) groups is 1. The lowest BCUT2D eigenvalue weighted by molar-refractivity contribution is -0.118. The highest BCUT2D eigenvalue weighted by atomic mass is 16.5. The van der Waals surface area contributed by atoms with E-state index < -0.39 is 5.41 Å². The van der Waals surface area contributed by atoms with Gasteiger partial charge in [-0.2, -0.15) is 10.4 Å². The zero-order valence-electron chi connectivity index (χ0n) is 14.4. The number of methoxy groups -OCH3 is 1. The molecule has 130 valence electrons. The van der Waals surface area contributed by atoms with Crippen LogP contribution in [-0.2, 0) is 16.8 Å². The molecule has 1 aliphatic rings. The Labute approximate surface area is 147 Å². The van der Waals surface area contributed by atoms with Gasteiger partial charge in [0.15, 0.2) is 0 Å². The molecule has 3 rings (SSSR count). The van der Waals surface area contributed by atoms with Crippen molar-refractivity contribution in [3.05, 3.63) is 42.2 Å². The van der Waals surface area contributed by atoms with Crippen molar-refractivity contribution in [3.63, 3.8) is 0 Å². The van der Waals surface area contributed by atoms with Crippen molar-refractivity contribution >= 4 is 11.6 Å². The highest BCUT2D eigenvalue weighted by Gasteiger charge is 2.51. The second kappa shape index (κ2) is 7.39. The van der Waals surface area contributed by atoms with Gasteiger partial charge in [-0.05, 0) is 43.4 Å². The molecular weight excluding hydrogens is 316 g/mol. The van der Waals surface area contributed by atoms with E-state index in [0.717, 1.165) is 43.5 Å². The Bertz CT molecular complexity index is 769. The summed E-state index contributed by atoms with van der Waals surface area (Å²) in [6.45, 7) is 0.751. The third-order valence-electron chi connectivity index (χ3n) is 4.64. The molecule has 0 radical (unpaired) electrons. The van der Waals surface area contributed by atoms with Crippen LogP contribution in [0.5, 0.6) is 5.75 Å². The maximum atomic E-state index is 12.7. The van der Waals surface area contributed by atoms with E-state index in [4.69, 9.17) is 10.00 Å². The number of nitrogens with one attached hydrogen (secondary N) is 1. The summed E-state index contributed by atoms with van der Waals surface area (Å²) in [4.78, 5) is 12.7. The molecule has 1 N–H and O–H groups in total. The zero-order chi connectivity index (χ0) is 17.7. The zero-order valence-corrected chi connectivity index (χ0v) is 14.4. The fourth-order valence-corrected chi connectivity index (χ4v) is 2.96. The Balaban J connectivity index is 1.60. The number of benzene rings is 1. The molecule has 0 aliphatic heterocycles. The van der Waals surface area contributed by atoms with Crippen molar-refractivity contribution in [3.8, 4) is 11.8 Å². The maximum absolute atomic E-state index is 12.7. The van der Waals surface area contributed by atoms with Crippen molar-refractivity contribution in [2.24, 2.45) is 0 Å². The minimum atomic E-state index is -0.429. The topological polar surface area (TPSA) is 79.9 Å². The molecule has 6 nitrogen and oxygen atoms in total. The maximum Gasteiger partial charge on any atom is 0.235 e. The smallest absolute Gasteiger partial charge is 0.235 e. The van der Waals surface area contributed by atoms with E-state index in [1.807, 2.05) is 30.5 Å². The van der Waals surface area contributed by atoms with Crippen LogP contribution in [0.4, 0.5) is 5.69 Å². The lowest BCUT2D eigenvalue weighted by Crippen LogP contribution is -2.27. The van der Waals surface area contributed by atoms with Crippen molar-refractivity contribution in [1.82, 2.24) is 9.78 Å². The first kappa shape index (κ1) is 17.0. The molecule has 1 fully saturated rings. The van der Waals surface area contributed by atoms with Crippen LogP contribution in [0, 0.1) is 11.3 Å². The number of aromatic nitrogens is 2. The molecule has 1 amide bonds. The van der Waals surface area contributed by atoms with Crippen LogP contribution in [0.3, 0.4) is 0 Å². The van der Waals surface area contributed by atoms with Crippen LogP contribution < -0.4 is 10.1 Å². The minimum Gasteiger partial charge on any atom is -0.497 e. The molecule has 0 atom stereocenters. The summed E-state index contributed by atoms with van der Waals surface area (Å²) in [6, 6.07) is 9.84. The minimum absolute atomic E-state index is 0.0155. The number of aryl methyl sites for hydroxylation is 1. The second-order valence-electron chi connectivity index (χ2n) is 6.37. The number of hydrogen-bond donors (Lipinski definition) is 1. The quantitative estimate of drug-likeness (QED) is 0.749. The predicted molar refractivity (Wildman–Crippen MR) is 94.2 cm³/mol. The lowest BCUT2D eigenvalue weighted by atomic mass is 9.95. The van der Waals surface area contributed by atoms with Crippen molar-refractivity contribution in [2.75, 3.05) is 12.4 Å². The van der Waals surface area contributed by atoms with Gasteiger partial charge in [0.1, 0.15) is 5.75 Å². The van der Waals surface area contributed by atoms with Crippen LogP contribution in [0.2, 0.25) is 0 Å². The summed E-state index contributed by atoms with van der Waals surface area (Å²) < 4.78 is 6.98. The van der Waals surface area contributed by atoms with E-state index in [-0.39, 0.29) is 5.91 Å². The van der Waals surface area contributed by atoms with E-state index in [1.165, 1.54) is 0 Å². The first-order valence-electron chi connectivity index (χ1n) is 8.53. The monoisotopic (exact) mass is 338 g/mol. The van der Waals surface area contributed by atoms with E-state index >= 15 is 0 Å². The van der Waals surface area contributed by atoms with Gasteiger partial charge < -0.3 is 10.1 Å². The Kier molecular flexibility index (Phi) is 5.03. The number of nitrogens with zero attached hydrogens (tertiary/aromatic N) is 3. The van der Waals surface area contributed by atoms with Gasteiger partial charge in [-0.15, -0.1) is 0 Å². The molecule has 2 aromatic rings. The molecule has 0 bridgehead atoms. The van der Waals surface area contributed by atoms with E-state index in [0.29, 0.717) is 12.1 Å². The van der Waals surface area contributed by atoms with E-state index in [2.05, 4.69) is 16.5 Å². The average molecular weight is 338 g/mol. The van der Waals surface area contributed by atoms with Crippen molar-refractivity contribution in [2.45, 2.75) is 44.1 Å². The summed E-state index contributed by atoms with van der Waals surface area (Å²) in [5.41, 5.74) is 1.31. The molecule has 1 aromatic carbocycles. The van der Waals surface area contributed by atoms with Gasteiger partial charge in [-0.25, -0.2) is 0 Å². The van der Waals surface area contributed by atoms with Gasteiger partial charge in [0.25, 0.3) is 0 Å². The Morgan fingerprint density at radius 1 is 1.36 bits per heavy atom. The standard InChI is InChI=1S/C19H22N4O2/c1-25-17-7-5-15(6-8-17)19(9-10-19)18(24)22-16-13-21-23(14-16)12-4-2-3-11-20/h5-8,13-14H,2-4,9-10,12H2,1H3,(H,22,24). The summed E-state index contributed by atoms with van der Waals surface area (Å²) in [5, 5.41) is 15.8. The van der Waals surface area contributed by atoms with Crippen LogP contribution in [0.15, 0.2) is 36.7 Å². The fourth-order valence-electron chi connectivity index (χ4n) is 2.96. The van der Waals surface area contributed by atoms with Gasteiger partial charge in [-0.3, -0.25) is 9.48 Å². The molecule has 0 spiro atoms. The number of unbranched alkanes of at least 4 members (excludes halogenated alkanes) is 2. The first-order valence-corrected chi connectivity index (χ1v) is 8.53. The number of hydrogen-bond acceptors (Lipinski definition) is 4. The molecule has 1 aliphatic carbocycles. The van der Waals surface area contributed by atoms with E-state index in [9.17, 15) is 4.79 Å². The third-order valence-corrected chi connectivity index (χ3v) is 4.64. The second-order valence-corrected chi connectivity index (χ2v) is 6.37. The Morgan fingerprint density at radius 3 is 2.76 bits per heavy atom. The van der Waals surface area contributed by atoms with Gasteiger partial charge in [0, 0.05) is 19.2 Å². The molecule has 0 saturated heterocycles. The Hall–Kier alpha value is -2.81. The fraction of sp³-hybridized carbons (Fsp3) is 0.421. The number of ether oxygens (including phenoxy) is 1. The SMILES string of the molecule is COc1ccc(C2(C(=O)Nc3cnn(CCCCC#N)c3)CC2)cc1. The number of rotatable bonds is 8. The van der Waals surface area contributed by atoms with Crippen LogP contribution >= 0.6 is 0 Å². The van der Waals surface area contributed by atoms with Crippen LogP contribution in [0.25, 0.3) is 0 Å². The molecule has 1 heterocycles. The number of anilines is 1. The Morgan fingerprint density at radius 2 is 2.12 bits per heavy atom. The van der Waals surface area contributed by atoms with Crippen molar-refractivity contribution < 1.29 is 9.53 Å². The van der Waals surface area contributed by atoms with Crippen LogP contribution in [0.1, 0.15) is 37.7 Å². The number of nitriles is 1. The van der Waals surface area contributed by atoms with Gasteiger partial charge in [0.05, 0.1) is 30.5 Å². The highest BCUT2D eigenvalue weighted by molar-refractivity contribution is 6.01. The van der Waals surface area contributed by atoms with Gasteiger partial charge in [-0.1, -0.05) is 12.1 Å². The summed E-state index contributed by atoms with van der Waals surface area (Å²) >= 11 is 0. The molecular formula is C19H22N4O2. The molecule has 25 heavy (non-hydrogen) atoms. The van der Waals surface area contributed by atoms with Crippen molar-refractivity contribution in [1.29, 1.82) is 5.26 Å². The van der Waals surface area contributed by atoms with Gasteiger partial charge in [0.2, 0.25) is 5.91 Å². The molecule has 1 saturated carbocycles. The number of carbonyl (C=O) groups excluding carboxylic acids is 1. The predicted octanol–water partition coefficient (Wildman–Crippen LogP) is 3.26. The largest absolute Gasteiger partial charge is 0.497 e. The molecule has 6 heteroatoms. The molecule has 1 aromatic heterocycles. The van der Waals surface area contributed by atoms with E-state index in [1.54, 1.807) is 18.0 Å². The summed E-state index contributed by atoms with van der Waals surface area (Å²) in [6.07, 6.45) is 7.55. The molecule has 0 unspecified atom stereocenters. The van der Waals surface area contributed by atoms with Crippen LogP contribution in [-0.4, -0.2) is 22.8 Å². The highest BCUT2D eigenvalue weighted by Crippen LogP contribution is 2.49. The number of amides is 1. The van der Waals surface area contributed by atoms with Gasteiger partial charge >= 0.3 is 0 Å². The lowest BCUT2D eigenvalue weighted by Gasteiger charge is -2.15. The summed E-state index contributed by atoms with van der Waals surface area (Å²) in [7, 11) is 1.63. The summed E-state index contributed by atoms with van der Waals surface area (Å²) in [5.74, 6) is 0.805.